The number of rotatable bonds is 4. The molecule has 0 aliphatic carbocycles. The molecule has 0 radical (unpaired) electrons. The van der Waals surface area contributed by atoms with Gasteiger partial charge in [0.15, 0.2) is 0 Å². The fourth-order valence-electron chi connectivity index (χ4n) is 1.25. The Labute approximate surface area is 107 Å². The Bertz CT molecular complexity index is 558. The molecule has 0 bridgehead atoms. The summed E-state index contributed by atoms with van der Waals surface area (Å²) in [6.45, 7) is 3.40. The van der Waals surface area contributed by atoms with Crippen LogP contribution in [0.25, 0.3) is 0 Å². The van der Waals surface area contributed by atoms with Crippen molar-refractivity contribution < 1.29 is 17.9 Å². The highest BCUT2D eigenvalue weighted by Crippen LogP contribution is 2.11. The molecule has 0 saturated carbocycles. The third-order valence-corrected chi connectivity index (χ3v) is 3.65. The first kappa shape index (κ1) is 14.2. The van der Waals surface area contributed by atoms with Crippen molar-refractivity contribution in [2.75, 3.05) is 7.11 Å². The van der Waals surface area contributed by atoms with Crippen LogP contribution in [0.2, 0.25) is 0 Å². The highest BCUT2D eigenvalue weighted by atomic mass is 32.2. The van der Waals surface area contributed by atoms with Gasteiger partial charge in [-0.15, -0.1) is 0 Å². The molecule has 0 amide bonds. The number of methoxy groups -OCH3 is 1. The van der Waals surface area contributed by atoms with Crippen LogP contribution in [0.4, 0.5) is 0 Å². The van der Waals surface area contributed by atoms with E-state index < -0.39 is 16.0 Å². The largest absolute Gasteiger partial charge is 0.464 e. The predicted molar refractivity (Wildman–Crippen MR) is 67.3 cm³/mol. The van der Waals surface area contributed by atoms with Crippen molar-refractivity contribution in [1.82, 2.24) is 4.72 Å². The molecule has 0 spiro atoms. The van der Waals surface area contributed by atoms with Crippen LogP contribution in [-0.2, 0) is 19.6 Å². The lowest BCUT2D eigenvalue weighted by Gasteiger charge is -2.09. The van der Waals surface area contributed by atoms with Crippen LogP contribution >= 0.6 is 0 Å². The number of hydrogen-bond acceptors (Lipinski definition) is 4. The third-order valence-electron chi connectivity index (χ3n) is 2.27. The van der Waals surface area contributed by atoms with Gasteiger partial charge in [0, 0.05) is 0 Å². The number of nitrogens with one attached hydrogen (secondary N) is 1. The highest BCUT2D eigenvalue weighted by Gasteiger charge is 2.19. The quantitative estimate of drug-likeness (QED) is 0.661. The average Bonchev–Trinajstić information content (AvgIpc) is 2.35. The number of sulfonamides is 1. The zero-order chi connectivity index (χ0) is 13.8. The smallest absolute Gasteiger partial charge is 0.354 e. The third kappa shape index (κ3) is 3.33. The minimum atomic E-state index is -3.76. The summed E-state index contributed by atoms with van der Waals surface area (Å²) in [5, 5.41) is 0. The van der Waals surface area contributed by atoms with E-state index in [2.05, 4.69) is 9.46 Å². The molecule has 1 aromatic carbocycles. The lowest BCUT2D eigenvalue weighted by molar-refractivity contribution is -0.136. The molecule has 1 aromatic rings. The molecule has 0 aliphatic rings. The summed E-state index contributed by atoms with van der Waals surface area (Å²) in [5.74, 6) is -0.729. The van der Waals surface area contributed by atoms with Gasteiger partial charge in [-0.25, -0.2) is 13.2 Å². The molecule has 5 nitrogen and oxygen atoms in total. The standard InChI is InChI=1S/C12H15NO4S/c1-4-11(12(14)17-3)13-18(15,16)10-7-5-9(2)6-8-10/h4-8,13H,1-3H3/b11-4+. The Morgan fingerprint density at radius 3 is 2.28 bits per heavy atom. The summed E-state index contributed by atoms with van der Waals surface area (Å²) in [4.78, 5) is 11.4. The van der Waals surface area contributed by atoms with Crippen molar-refractivity contribution in [2.24, 2.45) is 0 Å². The van der Waals surface area contributed by atoms with Crippen molar-refractivity contribution in [3.63, 3.8) is 0 Å². The Morgan fingerprint density at radius 2 is 1.83 bits per heavy atom. The fraction of sp³-hybridized carbons (Fsp3) is 0.250. The fourth-order valence-corrected chi connectivity index (χ4v) is 2.35. The van der Waals surface area contributed by atoms with E-state index in [0.29, 0.717) is 0 Å². The summed E-state index contributed by atoms with van der Waals surface area (Å²) in [6, 6.07) is 6.31. The van der Waals surface area contributed by atoms with E-state index in [1.807, 2.05) is 6.92 Å². The van der Waals surface area contributed by atoms with Crippen LogP contribution in [0.15, 0.2) is 40.9 Å². The van der Waals surface area contributed by atoms with Crippen LogP contribution in [0, 0.1) is 6.92 Å². The van der Waals surface area contributed by atoms with Crippen molar-refractivity contribution in [3.05, 3.63) is 41.6 Å². The molecule has 0 heterocycles. The van der Waals surface area contributed by atoms with Crippen LogP contribution in [0.3, 0.4) is 0 Å². The van der Waals surface area contributed by atoms with E-state index in [1.54, 1.807) is 19.1 Å². The van der Waals surface area contributed by atoms with Crippen molar-refractivity contribution >= 4 is 16.0 Å². The van der Waals surface area contributed by atoms with Gasteiger partial charge < -0.3 is 4.74 Å². The van der Waals surface area contributed by atoms with Crippen molar-refractivity contribution in [2.45, 2.75) is 18.7 Å². The molecule has 0 aliphatic heterocycles. The Kier molecular flexibility index (Phi) is 4.49. The van der Waals surface area contributed by atoms with Crippen LogP contribution in [0.1, 0.15) is 12.5 Å². The Hall–Kier alpha value is -1.82. The number of hydrogen-bond donors (Lipinski definition) is 1. The van der Waals surface area contributed by atoms with Gasteiger partial charge in [0.1, 0.15) is 5.70 Å². The number of benzene rings is 1. The van der Waals surface area contributed by atoms with E-state index in [0.717, 1.165) is 5.56 Å². The highest BCUT2D eigenvalue weighted by molar-refractivity contribution is 7.89. The van der Waals surface area contributed by atoms with Gasteiger partial charge >= 0.3 is 5.97 Å². The molecule has 0 saturated heterocycles. The SMILES string of the molecule is C/C=C(/NS(=O)(=O)c1ccc(C)cc1)C(=O)OC. The second-order valence-corrected chi connectivity index (χ2v) is 5.29. The molecule has 0 atom stereocenters. The second kappa shape index (κ2) is 5.68. The molecule has 6 heteroatoms. The monoisotopic (exact) mass is 269 g/mol. The van der Waals surface area contributed by atoms with Gasteiger partial charge in [-0.2, -0.15) is 0 Å². The Balaban J connectivity index is 3.02. The number of aryl methyl sites for hydroxylation is 1. The van der Waals surface area contributed by atoms with Crippen molar-refractivity contribution in [1.29, 1.82) is 0 Å². The first-order chi connectivity index (χ1) is 8.40. The number of allylic oxidation sites excluding steroid dienone is 1. The van der Waals surface area contributed by atoms with Gasteiger partial charge in [0.05, 0.1) is 12.0 Å². The number of ether oxygens (including phenoxy) is 1. The summed E-state index contributed by atoms with van der Waals surface area (Å²) < 4.78 is 30.6. The van der Waals surface area contributed by atoms with E-state index in [4.69, 9.17) is 0 Å². The zero-order valence-corrected chi connectivity index (χ0v) is 11.2. The maximum absolute atomic E-state index is 12.0. The first-order valence-electron chi connectivity index (χ1n) is 5.25. The van der Waals surface area contributed by atoms with Crippen LogP contribution in [-0.4, -0.2) is 21.5 Å². The molecule has 1 rings (SSSR count). The summed E-state index contributed by atoms with van der Waals surface area (Å²) in [5.41, 5.74) is 0.839. The topological polar surface area (TPSA) is 72.5 Å². The van der Waals surface area contributed by atoms with E-state index in [9.17, 15) is 13.2 Å². The maximum atomic E-state index is 12.0. The van der Waals surface area contributed by atoms with E-state index in [-0.39, 0.29) is 10.6 Å². The molecular formula is C12H15NO4S. The lowest BCUT2D eigenvalue weighted by atomic mass is 10.2. The van der Waals surface area contributed by atoms with Gasteiger partial charge in [-0.3, -0.25) is 4.72 Å². The van der Waals surface area contributed by atoms with Gasteiger partial charge in [-0.05, 0) is 26.0 Å². The second-order valence-electron chi connectivity index (χ2n) is 3.61. The van der Waals surface area contributed by atoms with Crippen LogP contribution in [0.5, 0.6) is 0 Å². The Morgan fingerprint density at radius 1 is 1.28 bits per heavy atom. The molecule has 0 fully saturated rings. The molecule has 0 unspecified atom stereocenters. The zero-order valence-electron chi connectivity index (χ0n) is 10.4. The first-order valence-corrected chi connectivity index (χ1v) is 6.73. The molecule has 98 valence electrons. The minimum absolute atomic E-state index is 0.0938. The molecule has 1 N–H and O–H groups in total. The van der Waals surface area contributed by atoms with E-state index in [1.165, 1.54) is 25.3 Å². The maximum Gasteiger partial charge on any atom is 0.354 e. The van der Waals surface area contributed by atoms with E-state index >= 15 is 0 Å². The van der Waals surface area contributed by atoms with Crippen LogP contribution < -0.4 is 4.72 Å². The van der Waals surface area contributed by atoms with Crippen molar-refractivity contribution in [3.8, 4) is 0 Å². The number of carbonyl (C=O) groups is 1. The summed E-state index contributed by atoms with van der Waals surface area (Å²) >= 11 is 0. The number of carbonyl (C=O) groups excluding carboxylic acids is 1. The molecule has 0 aromatic heterocycles. The number of esters is 1. The van der Waals surface area contributed by atoms with Gasteiger partial charge in [-0.1, -0.05) is 23.8 Å². The average molecular weight is 269 g/mol. The minimum Gasteiger partial charge on any atom is -0.464 e. The summed E-state index contributed by atoms with van der Waals surface area (Å²) in [7, 11) is -2.58. The predicted octanol–water partition coefficient (Wildman–Crippen LogP) is 1.35. The normalized spacial score (nSPS) is 12.1. The van der Waals surface area contributed by atoms with Gasteiger partial charge in [0.2, 0.25) is 0 Å². The lowest BCUT2D eigenvalue weighted by Crippen LogP contribution is -2.28. The van der Waals surface area contributed by atoms with Gasteiger partial charge in [0.25, 0.3) is 10.0 Å². The molecule has 18 heavy (non-hydrogen) atoms. The summed E-state index contributed by atoms with van der Waals surface area (Å²) in [6.07, 6.45) is 1.34. The molecular weight excluding hydrogens is 254 g/mol.